The second-order valence-electron chi connectivity index (χ2n) is 6.98. The van der Waals surface area contributed by atoms with E-state index < -0.39 is 0 Å². The Hall–Kier alpha value is -3.48. The van der Waals surface area contributed by atoms with Gasteiger partial charge in [0, 0.05) is 24.6 Å². The summed E-state index contributed by atoms with van der Waals surface area (Å²) < 4.78 is 18.5. The molecule has 1 aliphatic heterocycles. The highest BCUT2D eigenvalue weighted by Crippen LogP contribution is 2.19. The molecule has 1 saturated heterocycles. The average molecular weight is 409 g/mol. The Labute approximate surface area is 175 Å². The highest BCUT2D eigenvalue weighted by molar-refractivity contribution is 5.94. The number of hydrazone groups is 1. The van der Waals surface area contributed by atoms with Gasteiger partial charge in [-0.05, 0) is 54.8 Å². The van der Waals surface area contributed by atoms with Crippen LogP contribution in [0.5, 0.6) is 5.75 Å². The van der Waals surface area contributed by atoms with E-state index in [1.807, 2.05) is 24.3 Å². The lowest BCUT2D eigenvalue weighted by molar-refractivity contribution is -0.126. The Bertz CT molecular complexity index is 920. The van der Waals surface area contributed by atoms with Gasteiger partial charge in [0.2, 0.25) is 5.91 Å². The van der Waals surface area contributed by atoms with Crippen molar-refractivity contribution in [2.24, 2.45) is 11.0 Å². The van der Waals surface area contributed by atoms with E-state index in [1.165, 1.54) is 24.3 Å². The molecule has 0 spiro atoms. The zero-order chi connectivity index (χ0) is 21.3. The normalized spacial score (nSPS) is 14.5. The standard InChI is InChI=1S/C23H24FN3O3/c1-2-14-30-21-5-3-4-17(15-21)16-25-26-22(28)18-10-12-27(13-11-18)23(29)19-6-8-20(24)9-7-19/h2-9,15-16,18H,1,10-14H2,(H,26,28)/b25-16-. The van der Waals surface area contributed by atoms with Gasteiger partial charge in [-0.3, -0.25) is 9.59 Å². The molecule has 2 aromatic carbocycles. The molecule has 0 saturated carbocycles. The second-order valence-corrected chi connectivity index (χ2v) is 6.98. The van der Waals surface area contributed by atoms with Gasteiger partial charge in [-0.25, -0.2) is 9.82 Å². The molecule has 0 atom stereocenters. The molecule has 1 N–H and O–H groups in total. The van der Waals surface area contributed by atoms with E-state index in [2.05, 4.69) is 17.1 Å². The first-order valence-corrected chi connectivity index (χ1v) is 9.78. The molecule has 6 nitrogen and oxygen atoms in total. The molecule has 0 unspecified atom stereocenters. The summed E-state index contributed by atoms with van der Waals surface area (Å²) in [4.78, 5) is 26.5. The third-order valence-electron chi connectivity index (χ3n) is 4.86. The van der Waals surface area contributed by atoms with E-state index in [-0.39, 0.29) is 23.5 Å². The van der Waals surface area contributed by atoms with Gasteiger partial charge < -0.3 is 9.64 Å². The molecule has 1 heterocycles. The summed E-state index contributed by atoms with van der Waals surface area (Å²) in [6.07, 6.45) is 4.34. The first-order chi connectivity index (χ1) is 14.6. The van der Waals surface area contributed by atoms with Crippen LogP contribution in [-0.4, -0.2) is 42.6 Å². The summed E-state index contributed by atoms with van der Waals surface area (Å²) in [6.45, 7) is 4.97. The molecule has 7 heteroatoms. The Morgan fingerprint density at radius 3 is 2.63 bits per heavy atom. The van der Waals surface area contributed by atoms with Gasteiger partial charge in [-0.1, -0.05) is 24.8 Å². The SMILES string of the molecule is C=CCOc1cccc(/C=N\NC(=O)C2CCN(C(=O)c3ccc(F)cc3)CC2)c1. The Kier molecular flexibility index (Phi) is 7.32. The fraction of sp³-hybridized carbons (Fsp3) is 0.261. The number of carbonyl (C=O) groups excluding carboxylic acids is 2. The maximum Gasteiger partial charge on any atom is 0.253 e. The summed E-state index contributed by atoms with van der Waals surface area (Å²) in [5.41, 5.74) is 3.82. The third kappa shape index (κ3) is 5.76. The molecule has 0 aromatic heterocycles. The smallest absolute Gasteiger partial charge is 0.253 e. The van der Waals surface area contributed by atoms with Crippen LogP contribution in [0.2, 0.25) is 0 Å². The van der Waals surface area contributed by atoms with Crippen molar-refractivity contribution in [1.29, 1.82) is 0 Å². The van der Waals surface area contributed by atoms with Gasteiger partial charge in [0.1, 0.15) is 18.2 Å². The van der Waals surface area contributed by atoms with Crippen molar-refractivity contribution >= 4 is 18.0 Å². The topological polar surface area (TPSA) is 71.0 Å². The van der Waals surface area contributed by atoms with Gasteiger partial charge in [0.05, 0.1) is 6.21 Å². The number of carbonyl (C=O) groups is 2. The van der Waals surface area contributed by atoms with Gasteiger partial charge in [0.15, 0.2) is 0 Å². The lowest BCUT2D eigenvalue weighted by Crippen LogP contribution is -2.42. The molecule has 2 aromatic rings. The van der Waals surface area contributed by atoms with Crippen LogP contribution in [-0.2, 0) is 4.79 Å². The molecule has 1 fully saturated rings. The number of ether oxygens (including phenoxy) is 1. The van der Waals surface area contributed by atoms with Crippen molar-refractivity contribution in [3.63, 3.8) is 0 Å². The number of nitrogens with zero attached hydrogens (tertiary/aromatic N) is 2. The predicted molar refractivity (Wildman–Crippen MR) is 113 cm³/mol. The summed E-state index contributed by atoms with van der Waals surface area (Å²) in [5.74, 6) is -0.201. The maximum atomic E-state index is 13.0. The first kappa shape index (κ1) is 21.2. The largest absolute Gasteiger partial charge is 0.490 e. The number of amides is 2. The summed E-state index contributed by atoms with van der Waals surface area (Å²) in [7, 11) is 0. The Morgan fingerprint density at radius 1 is 1.20 bits per heavy atom. The molecular weight excluding hydrogens is 385 g/mol. The minimum atomic E-state index is -0.376. The quantitative estimate of drug-likeness (QED) is 0.433. The second kappa shape index (κ2) is 10.3. The van der Waals surface area contributed by atoms with Gasteiger partial charge >= 0.3 is 0 Å². The van der Waals surface area contributed by atoms with Crippen molar-refractivity contribution in [1.82, 2.24) is 10.3 Å². The molecule has 156 valence electrons. The summed E-state index contributed by atoms with van der Waals surface area (Å²) >= 11 is 0. The Morgan fingerprint density at radius 2 is 1.93 bits per heavy atom. The van der Waals surface area contributed by atoms with E-state index >= 15 is 0 Å². The number of rotatable bonds is 7. The van der Waals surface area contributed by atoms with Crippen LogP contribution in [0.25, 0.3) is 0 Å². The van der Waals surface area contributed by atoms with E-state index in [1.54, 1.807) is 17.2 Å². The van der Waals surface area contributed by atoms with Crippen LogP contribution in [0.15, 0.2) is 66.3 Å². The van der Waals surface area contributed by atoms with Crippen molar-refractivity contribution in [2.45, 2.75) is 12.8 Å². The van der Waals surface area contributed by atoms with Crippen molar-refractivity contribution in [2.75, 3.05) is 19.7 Å². The highest BCUT2D eigenvalue weighted by Gasteiger charge is 2.27. The summed E-state index contributed by atoms with van der Waals surface area (Å²) in [6, 6.07) is 12.8. The lowest BCUT2D eigenvalue weighted by atomic mass is 9.95. The van der Waals surface area contributed by atoms with Crippen LogP contribution in [0.4, 0.5) is 4.39 Å². The molecule has 30 heavy (non-hydrogen) atoms. The van der Waals surface area contributed by atoms with Gasteiger partial charge in [0.25, 0.3) is 5.91 Å². The fourth-order valence-corrected chi connectivity index (χ4v) is 3.22. The molecule has 0 bridgehead atoms. The number of likely N-dealkylation sites (tertiary alicyclic amines) is 1. The molecule has 3 rings (SSSR count). The number of hydrogen-bond donors (Lipinski definition) is 1. The summed E-state index contributed by atoms with van der Waals surface area (Å²) in [5, 5.41) is 4.03. The van der Waals surface area contributed by atoms with Crippen LogP contribution >= 0.6 is 0 Å². The number of piperidine rings is 1. The number of nitrogens with one attached hydrogen (secondary N) is 1. The van der Waals surface area contributed by atoms with Crippen molar-refractivity contribution < 1.29 is 18.7 Å². The van der Waals surface area contributed by atoms with E-state index in [0.29, 0.717) is 43.9 Å². The van der Waals surface area contributed by atoms with Crippen molar-refractivity contribution in [3.8, 4) is 5.75 Å². The highest BCUT2D eigenvalue weighted by atomic mass is 19.1. The molecule has 0 aliphatic carbocycles. The van der Waals surface area contributed by atoms with Crippen LogP contribution in [0.1, 0.15) is 28.8 Å². The third-order valence-corrected chi connectivity index (χ3v) is 4.86. The lowest BCUT2D eigenvalue weighted by Gasteiger charge is -2.31. The van der Waals surface area contributed by atoms with E-state index in [9.17, 15) is 14.0 Å². The van der Waals surface area contributed by atoms with E-state index in [0.717, 1.165) is 5.56 Å². The number of halogens is 1. The number of benzene rings is 2. The fourth-order valence-electron chi connectivity index (χ4n) is 3.22. The van der Waals surface area contributed by atoms with Gasteiger partial charge in [-0.15, -0.1) is 0 Å². The minimum Gasteiger partial charge on any atom is -0.490 e. The molecular formula is C23H24FN3O3. The van der Waals surface area contributed by atoms with E-state index in [4.69, 9.17) is 4.74 Å². The Balaban J connectivity index is 1.47. The maximum absolute atomic E-state index is 13.0. The first-order valence-electron chi connectivity index (χ1n) is 9.78. The monoisotopic (exact) mass is 409 g/mol. The van der Waals surface area contributed by atoms with Gasteiger partial charge in [-0.2, -0.15) is 5.10 Å². The van der Waals surface area contributed by atoms with Crippen LogP contribution < -0.4 is 10.2 Å². The van der Waals surface area contributed by atoms with Crippen LogP contribution in [0.3, 0.4) is 0 Å². The molecule has 2 amide bonds. The molecule has 0 radical (unpaired) electrons. The average Bonchev–Trinajstić information content (AvgIpc) is 2.78. The zero-order valence-corrected chi connectivity index (χ0v) is 16.6. The zero-order valence-electron chi connectivity index (χ0n) is 16.6. The van der Waals surface area contributed by atoms with Crippen molar-refractivity contribution in [3.05, 3.63) is 78.1 Å². The number of hydrogen-bond acceptors (Lipinski definition) is 4. The van der Waals surface area contributed by atoms with Crippen LogP contribution in [0, 0.1) is 11.7 Å². The minimum absolute atomic E-state index is 0.148. The predicted octanol–water partition coefficient (Wildman–Crippen LogP) is 3.39. The molecule has 1 aliphatic rings.